The normalized spacial score (nSPS) is 36.8. The standard InChI is InChI=1S/C49H65N3O13/c1-43(2,3)63-38(58)16-15-33(51-37(57)22-50-42(60)65-44(4,5)6)40(59)52-47-24-48(25-47,26-47)62-30-12-9-27(10-13-30)41-61-36-20-32-31-14-11-28-19-29(54)17-18-45(28,7)39(31)34(55)21-46(32,8)49(36,64-41)35(56)23-53/h9-10,12-13,17-19,31-34,36,39,41,53,55H,11,14-16,20-26H2,1-8H3,(H,50,60)(H,51,57)(H,52,59)/t31-,32-,33-,34-,36+,39+,41+,45-,46-,47?,48?,49+/m0/s1. The number of rotatable bonds is 13. The summed E-state index contributed by atoms with van der Waals surface area (Å²) in [6.07, 6.45) is 5.95. The Morgan fingerprint density at radius 2 is 1.65 bits per heavy atom. The van der Waals surface area contributed by atoms with Gasteiger partial charge in [-0.15, -0.1) is 0 Å². The summed E-state index contributed by atoms with van der Waals surface area (Å²) in [5.41, 5.74) is -3.57. The first kappa shape index (κ1) is 46.9. The van der Waals surface area contributed by atoms with E-state index in [-0.39, 0.29) is 42.8 Å². The van der Waals surface area contributed by atoms with Gasteiger partial charge in [0.05, 0.1) is 17.7 Å². The molecule has 3 amide bonds. The lowest BCUT2D eigenvalue weighted by Crippen LogP contribution is -2.81. The molecule has 6 saturated carbocycles. The second kappa shape index (κ2) is 16.3. The van der Waals surface area contributed by atoms with E-state index in [1.807, 2.05) is 37.3 Å². The lowest BCUT2D eigenvalue weighted by atomic mass is 9.46. The van der Waals surface area contributed by atoms with Gasteiger partial charge in [-0.2, -0.15) is 0 Å². The number of hydrogen-bond donors (Lipinski definition) is 5. The summed E-state index contributed by atoms with van der Waals surface area (Å²) in [5, 5.41) is 30.4. The van der Waals surface area contributed by atoms with Gasteiger partial charge in [-0.25, -0.2) is 4.79 Å². The number of aliphatic hydroxyl groups excluding tert-OH is 2. The van der Waals surface area contributed by atoms with Crippen LogP contribution >= 0.6 is 0 Å². The molecular formula is C49H65N3O13. The van der Waals surface area contributed by atoms with Crippen LogP contribution in [0.1, 0.15) is 125 Å². The fourth-order valence-electron chi connectivity index (χ4n) is 12.7. The molecule has 1 aromatic rings. The summed E-state index contributed by atoms with van der Waals surface area (Å²) in [7, 11) is 0. The van der Waals surface area contributed by atoms with Crippen molar-refractivity contribution in [3.8, 4) is 5.75 Å². The van der Waals surface area contributed by atoms with Crippen molar-refractivity contribution in [2.75, 3.05) is 13.2 Å². The Bertz CT molecular complexity index is 2170. The fraction of sp³-hybridized carbons (Fsp3) is 0.673. The molecule has 0 spiro atoms. The van der Waals surface area contributed by atoms with Gasteiger partial charge in [0.2, 0.25) is 11.8 Å². The Kier molecular flexibility index (Phi) is 11.8. The molecule has 16 nitrogen and oxygen atoms in total. The van der Waals surface area contributed by atoms with E-state index in [1.165, 1.54) is 0 Å². The van der Waals surface area contributed by atoms with Gasteiger partial charge in [0.1, 0.15) is 41.7 Å². The minimum Gasteiger partial charge on any atom is -0.487 e. The summed E-state index contributed by atoms with van der Waals surface area (Å²) in [5.74, 6) is -1.60. The number of amides is 3. The van der Waals surface area contributed by atoms with Crippen molar-refractivity contribution >= 4 is 35.4 Å². The van der Waals surface area contributed by atoms with Gasteiger partial charge in [0, 0.05) is 48.0 Å². The molecule has 1 heterocycles. The minimum atomic E-state index is -1.47. The molecule has 65 heavy (non-hydrogen) atoms. The highest BCUT2D eigenvalue weighted by molar-refractivity contribution is 6.01. The molecule has 354 valence electrons. The molecule has 7 fully saturated rings. The van der Waals surface area contributed by atoms with Crippen molar-refractivity contribution in [1.82, 2.24) is 16.0 Å². The molecule has 0 unspecified atom stereocenters. The average molecular weight is 904 g/mol. The Labute approximate surface area is 379 Å². The highest BCUT2D eigenvalue weighted by Gasteiger charge is 2.76. The van der Waals surface area contributed by atoms with E-state index in [2.05, 4.69) is 22.9 Å². The third-order valence-corrected chi connectivity index (χ3v) is 15.2. The number of hydrogen-bond acceptors (Lipinski definition) is 13. The first-order valence-corrected chi connectivity index (χ1v) is 23.0. The number of ketones is 2. The topological polar surface area (TPSA) is 225 Å². The zero-order valence-electron chi connectivity index (χ0n) is 38.7. The van der Waals surface area contributed by atoms with Crippen LogP contribution in [-0.2, 0) is 42.9 Å². The number of ether oxygens (including phenoxy) is 5. The number of allylic oxidation sites excluding steroid dienone is 4. The van der Waals surface area contributed by atoms with Gasteiger partial charge in [0.25, 0.3) is 0 Å². The Balaban J connectivity index is 0.883. The molecular weight excluding hydrogens is 839 g/mol. The minimum absolute atomic E-state index is 0.0177. The van der Waals surface area contributed by atoms with Crippen molar-refractivity contribution in [3.63, 3.8) is 0 Å². The van der Waals surface area contributed by atoms with Gasteiger partial charge in [0.15, 0.2) is 23.5 Å². The molecule has 1 saturated heterocycles. The maximum absolute atomic E-state index is 14.0. The van der Waals surface area contributed by atoms with Crippen LogP contribution in [0.2, 0.25) is 0 Å². The van der Waals surface area contributed by atoms with Crippen molar-refractivity contribution in [2.45, 2.75) is 166 Å². The number of nitrogens with one attached hydrogen (secondary N) is 3. The van der Waals surface area contributed by atoms with E-state index in [4.69, 9.17) is 23.7 Å². The predicted molar refractivity (Wildman–Crippen MR) is 233 cm³/mol. The van der Waals surface area contributed by atoms with Crippen molar-refractivity contribution < 1.29 is 62.7 Å². The fourth-order valence-corrected chi connectivity index (χ4v) is 12.7. The Morgan fingerprint density at radius 3 is 2.29 bits per heavy atom. The molecule has 16 heteroatoms. The smallest absolute Gasteiger partial charge is 0.408 e. The van der Waals surface area contributed by atoms with Crippen molar-refractivity contribution in [2.24, 2.45) is 28.6 Å². The van der Waals surface area contributed by atoms with Gasteiger partial charge in [-0.3, -0.25) is 24.0 Å². The maximum Gasteiger partial charge on any atom is 0.408 e. The highest BCUT2D eigenvalue weighted by atomic mass is 16.7. The second-order valence-corrected chi connectivity index (χ2v) is 22.1. The summed E-state index contributed by atoms with van der Waals surface area (Å²) in [6.45, 7) is 13.3. The van der Waals surface area contributed by atoms with E-state index in [0.717, 1.165) is 18.4 Å². The third-order valence-electron chi connectivity index (χ3n) is 15.2. The molecule has 10 atom stereocenters. The van der Waals surface area contributed by atoms with Gasteiger partial charge in [-0.05, 0) is 110 Å². The van der Waals surface area contributed by atoms with Crippen LogP contribution in [0.25, 0.3) is 0 Å². The SMILES string of the molecule is CC(C)(C)OC(=O)CC[C@H](NC(=O)CNC(=O)OC(C)(C)C)C(=O)NC12CC(Oc3ccc([C@@H]4O[C@@H]5C[C@H]6[C@@H]7CCC8=CC(=O)C=C[C@]8(C)[C@H]7[C@@H](O)C[C@]6(C)[C@]5(C(=O)CO)O4)cc3)(C1)C2. The third kappa shape index (κ3) is 8.52. The van der Waals surface area contributed by atoms with Gasteiger partial charge in [-0.1, -0.05) is 37.6 Å². The van der Waals surface area contributed by atoms with E-state index < -0.39 is 106 Å². The number of carbonyl (C=O) groups is 6. The summed E-state index contributed by atoms with van der Waals surface area (Å²) < 4.78 is 30.4. The van der Waals surface area contributed by atoms with Crippen LogP contribution < -0.4 is 20.7 Å². The van der Waals surface area contributed by atoms with Crippen molar-refractivity contribution in [3.05, 3.63) is 53.6 Å². The molecule has 1 aromatic carbocycles. The number of fused-ring (bicyclic) bond motifs is 7. The molecule has 7 aliphatic carbocycles. The monoisotopic (exact) mass is 903 g/mol. The molecule has 1 aliphatic heterocycles. The van der Waals surface area contributed by atoms with Crippen LogP contribution in [0.3, 0.4) is 0 Å². The zero-order valence-corrected chi connectivity index (χ0v) is 38.7. The number of carbonyl (C=O) groups excluding carboxylic acids is 6. The lowest BCUT2D eigenvalue weighted by Gasteiger charge is -2.69. The Morgan fingerprint density at radius 1 is 0.969 bits per heavy atom. The molecule has 0 radical (unpaired) electrons. The average Bonchev–Trinajstić information content (AvgIpc) is 3.68. The predicted octanol–water partition coefficient (Wildman–Crippen LogP) is 4.59. The number of alkyl carbamates (subject to hydrolysis) is 1. The van der Waals surface area contributed by atoms with Gasteiger partial charge >= 0.3 is 12.1 Å². The number of benzene rings is 1. The van der Waals surface area contributed by atoms with Crippen LogP contribution in [-0.4, -0.2) is 105 Å². The number of Topliss-reactive ketones (excluding diaryl/α,β-unsaturated/α-hetero) is 1. The van der Waals surface area contributed by atoms with E-state index in [0.29, 0.717) is 37.0 Å². The first-order chi connectivity index (χ1) is 30.3. The lowest BCUT2D eigenvalue weighted by molar-refractivity contribution is -0.204. The maximum atomic E-state index is 14.0. The number of esters is 1. The first-order valence-electron chi connectivity index (χ1n) is 23.0. The molecule has 5 N–H and O–H groups in total. The van der Waals surface area contributed by atoms with Crippen LogP contribution in [0, 0.1) is 28.6 Å². The molecule has 8 aliphatic rings. The van der Waals surface area contributed by atoms with Crippen LogP contribution in [0.4, 0.5) is 4.79 Å². The van der Waals surface area contributed by atoms with E-state index in [9.17, 15) is 39.0 Å². The Hall–Kier alpha value is -4.64. The highest BCUT2D eigenvalue weighted by Crippen LogP contribution is 2.70. The largest absolute Gasteiger partial charge is 0.487 e. The van der Waals surface area contributed by atoms with Crippen LogP contribution in [0.5, 0.6) is 5.75 Å². The van der Waals surface area contributed by atoms with Gasteiger partial charge < -0.3 is 49.8 Å². The summed E-state index contributed by atoms with van der Waals surface area (Å²) in [4.78, 5) is 77.4. The molecule has 9 rings (SSSR count). The molecule has 0 aromatic heterocycles. The van der Waals surface area contributed by atoms with Crippen LogP contribution in [0.15, 0.2) is 48.1 Å². The second-order valence-electron chi connectivity index (χ2n) is 22.1. The molecule has 2 bridgehead atoms. The summed E-state index contributed by atoms with van der Waals surface area (Å²) >= 11 is 0. The van der Waals surface area contributed by atoms with Crippen molar-refractivity contribution in [1.29, 1.82) is 0 Å². The zero-order chi connectivity index (χ0) is 47.1. The quantitative estimate of drug-likeness (QED) is 0.171. The van der Waals surface area contributed by atoms with E-state index in [1.54, 1.807) is 53.7 Å². The summed E-state index contributed by atoms with van der Waals surface area (Å²) in [6, 6.07) is 6.21. The number of aliphatic hydroxyl groups is 2. The van der Waals surface area contributed by atoms with E-state index >= 15 is 0 Å².